The molecule has 6 nitrogen and oxygen atoms in total. The summed E-state index contributed by atoms with van der Waals surface area (Å²) in [6.07, 6.45) is 3.62. The van der Waals surface area contributed by atoms with Gasteiger partial charge in [-0.05, 0) is 12.8 Å². The highest BCUT2D eigenvalue weighted by Crippen LogP contribution is 2.31. The highest BCUT2D eigenvalue weighted by Gasteiger charge is 2.34. The number of aromatic amines is 1. The van der Waals surface area contributed by atoms with Gasteiger partial charge in [0.15, 0.2) is 0 Å². The smallest absolute Gasteiger partial charge is 0.285 e. The van der Waals surface area contributed by atoms with Crippen LogP contribution in [0.2, 0.25) is 5.02 Å². The average Bonchev–Trinajstić information content (AvgIpc) is 3.26. The molecule has 2 heterocycles. The first kappa shape index (κ1) is 12.5. The fraction of sp³-hybridized carbons (Fsp3) is 0.583. The molecule has 1 N–H and O–H groups in total. The third-order valence-electron chi connectivity index (χ3n) is 3.64. The van der Waals surface area contributed by atoms with Crippen LogP contribution >= 0.6 is 11.6 Å². The molecule has 1 aromatic heterocycles. The van der Waals surface area contributed by atoms with Crippen LogP contribution < -0.4 is 10.5 Å². The van der Waals surface area contributed by atoms with E-state index in [0.29, 0.717) is 31.9 Å². The number of anilines is 1. The maximum Gasteiger partial charge on any atom is 0.285 e. The van der Waals surface area contributed by atoms with Gasteiger partial charge in [-0.25, -0.2) is 5.10 Å². The van der Waals surface area contributed by atoms with Gasteiger partial charge in [-0.3, -0.25) is 9.59 Å². The van der Waals surface area contributed by atoms with Crippen LogP contribution in [-0.4, -0.2) is 47.2 Å². The number of rotatable bonds is 2. The van der Waals surface area contributed by atoms with E-state index in [1.807, 2.05) is 9.80 Å². The molecule has 0 unspecified atom stereocenters. The third-order valence-corrected chi connectivity index (χ3v) is 4.00. The molecule has 2 fully saturated rings. The van der Waals surface area contributed by atoms with Crippen molar-refractivity contribution in [1.29, 1.82) is 0 Å². The number of carbonyl (C=O) groups excluding carboxylic acids is 1. The molecule has 102 valence electrons. The molecule has 1 aliphatic carbocycles. The molecular formula is C12H15ClN4O2. The molecule has 2 aliphatic rings. The Morgan fingerprint density at radius 3 is 2.63 bits per heavy atom. The van der Waals surface area contributed by atoms with Gasteiger partial charge >= 0.3 is 0 Å². The summed E-state index contributed by atoms with van der Waals surface area (Å²) in [6.45, 7) is 2.73. The fourth-order valence-electron chi connectivity index (χ4n) is 2.35. The Bertz CT molecular complexity index is 547. The Labute approximate surface area is 115 Å². The first-order valence-electron chi connectivity index (χ1n) is 6.44. The van der Waals surface area contributed by atoms with E-state index in [1.165, 1.54) is 0 Å². The Hall–Kier alpha value is -1.56. The summed E-state index contributed by atoms with van der Waals surface area (Å²) >= 11 is 5.98. The highest BCUT2D eigenvalue weighted by molar-refractivity contribution is 6.33. The maximum absolute atomic E-state index is 11.9. The van der Waals surface area contributed by atoms with E-state index < -0.39 is 0 Å². The van der Waals surface area contributed by atoms with Crippen LogP contribution in [0.15, 0.2) is 11.0 Å². The van der Waals surface area contributed by atoms with E-state index in [2.05, 4.69) is 10.2 Å². The standard InChI is InChI=1S/C12H15ClN4O2/c13-10-9(7-14-15-11(10)18)16-3-5-17(6-4-16)12(19)8-1-2-8/h7-8H,1-6H2,(H,15,18). The van der Waals surface area contributed by atoms with Gasteiger partial charge in [-0.2, -0.15) is 5.10 Å². The minimum Gasteiger partial charge on any atom is -0.365 e. The van der Waals surface area contributed by atoms with Crippen LogP contribution in [0.25, 0.3) is 0 Å². The number of hydrogen-bond donors (Lipinski definition) is 1. The molecule has 1 aliphatic heterocycles. The molecule has 0 bridgehead atoms. The number of nitrogens with one attached hydrogen (secondary N) is 1. The molecule has 1 saturated heterocycles. The average molecular weight is 283 g/mol. The van der Waals surface area contributed by atoms with E-state index in [0.717, 1.165) is 12.8 Å². The predicted octanol–water partition coefficient (Wildman–Crippen LogP) is 0.482. The van der Waals surface area contributed by atoms with Crippen molar-refractivity contribution in [2.75, 3.05) is 31.1 Å². The summed E-state index contributed by atoms with van der Waals surface area (Å²) < 4.78 is 0. The number of H-pyrrole nitrogens is 1. The van der Waals surface area contributed by atoms with Crippen LogP contribution in [0, 0.1) is 5.92 Å². The second kappa shape index (κ2) is 4.85. The number of piperazine rings is 1. The summed E-state index contributed by atoms with van der Waals surface area (Å²) in [4.78, 5) is 27.3. The Kier molecular flexibility index (Phi) is 3.18. The third kappa shape index (κ3) is 2.45. The van der Waals surface area contributed by atoms with Crippen molar-refractivity contribution in [3.63, 3.8) is 0 Å². The zero-order chi connectivity index (χ0) is 13.4. The summed E-state index contributed by atoms with van der Waals surface area (Å²) in [5, 5.41) is 6.23. The van der Waals surface area contributed by atoms with Crippen molar-refractivity contribution >= 4 is 23.2 Å². The molecule has 3 rings (SSSR count). The molecule has 0 spiro atoms. The molecule has 0 radical (unpaired) electrons. The second-order valence-corrected chi connectivity index (χ2v) is 5.36. The molecule has 0 atom stereocenters. The molecule has 1 saturated carbocycles. The van der Waals surface area contributed by atoms with Crippen LogP contribution in [-0.2, 0) is 4.79 Å². The predicted molar refractivity (Wildman–Crippen MR) is 71.4 cm³/mol. The number of amides is 1. The van der Waals surface area contributed by atoms with E-state index in [9.17, 15) is 9.59 Å². The summed E-state index contributed by atoms with van der Waals surface area (Å²) in [5.74, 6) is 0.533. The topological polar surface area (TPSA) is 69.3 Å². The summed E-state index contributed by atoms with van der Waals surface area (Å²) in [5.41, 5.74) is 0.264. The zero-order valence-electron chi connectivity index (χ0n) is 10.4. The molecule has 7 heteroatoms. The SMILES string of the molecule is O=C(C1CC1)N1CCN(c2cn[nH]c(=O)c2Cl)CC1. The quantitative estimate of drug-likeness (QED) is 0.857. The van der Waals surface area contributed by atoms with E-state index in [4.69, 9.17) is 11.6 Å². The number of halogens is 1. The van der Waals surface area contributed by atoms with Gasteiger partial charge < -0.3 is 9.80 Å². The van der Waals surface area contributed by atoms with Gasteiger partial charge in [0.1, 0.15) is 5.02 Å². The monoisotopic (exact) mass is 282 g/mol. The largest absolute Gasteiger partial charge is 0.365 e. The lowest BCUT2D eigenvalue weighted by atomic mass is 10.2. The highest BCUT2D eigenvalue weighted by atomic mass is 35.5. The van der Waals surface area contributed by atoms with E-state index in [-0.39, 0.29) is 22.4 Å². The van der Waals surface area contributed by atoms with Crippen molar-refractivity contribution in [3.05, 3.63) is 21.6 Å². The molecule has 19 heavy (non-hydrogen) atoms. The second-order valence-electron chi connectivity index (χ2n) is 4.98. The molecule has 1 amide bonds. The van der Waals surface area contributed by atoms with Gasteiger partial charge in [-0.15, -0.1) is 0 Å². The Morgan fingerprint density at radius 1 is 1.32 bits per heavy atom. The number of hydrogen-bond acceptors (Lipinski definition) is 4. The van der Waals surface area contributed by atoms with Crippen LogP contribution in [0.5, 0.6) is 0 Å². The Morgan fingerprint density at radius 2 is 2.00 bits per heavy atom. The first-order valence-corrected chi connectivity index (χ1v) is 6.81. The van der Waals surface area contributed by atoms with E-state index >= 15 is 0 Å². The van der Waals surface area contributed by atoms with Crippen LogP contribution in [0.4, 0.5) is 5.69 Å². The minimum absolute atomic E-state index is 0.164. The zero-order valence-corrected chi connectivity index (χ0v) is 11.2. The fourth-order valence-corrected chi connectivity index (χ4v) is 2.56. The lowest BCUT2D eigenvalue weighted by molar-refractivity contribution is -0.132. The van der Waals surface area contributed by atoms with Gasteiger partial charge in [0.2, 0.25) is 5.91 Å². The van der Waals surface area contributed by atoms with Crippen molar-refractivity contribution in [1.82, 2.24) is 15.1 Å². The number of carbonyl (C=O) groups is 1. The lowest BCUT2D eigenvalue weighted by Crippen LogP contribution is -2.49. The van der Waals surface area contributed by atoms with Gasteiger partial charge in [0.05, 0.1) is 11.9 Å². The van der Waals surface area contributed by atoms with Gasteiger partial charge in [0.25, 0.3) is 5.56 Å². The van der Waals surface area contributed by atoms with Crippen molar-refractivity contribution in [2.24, 2.45) is 5.92 Å². The number of aromatic nitrogens is 2. The normalized spacial score (nSPS) is 19.6. The first-order chi connectivity index (χ1) is 9.16. The Balaban J connectivity index is 1.68. The lowest BCUT2D eigenvalue weighted by Gasteiger charge is -2.36. The number of nitrogens with zero attached hydrogens (tertiary/aromatic N) is 3. The van der Waals surface area contributed by atoms with Crippen LogP contribution in [0.3, 0.4) is 0 Å². The summed E-state index contributed by atoms with van der Waals surface area (Å²) in [6, 6.07) is 0. The van der Waals surface area contributed by atoms with Gasteiger partial charge in [0, 0.05) is 32.1 Å². The van der Waals surface area contributed by atoms with E-state index in [1.54, 1.807) is 6.20 Å². The molecule has 1 aromatic rings. The van der Waals surface area contributed by atoms with Crippen molar-refractivity contribution in [2.45, 2.75) is 12.8 Å². The van der Waals surface area contributed by atoms with Crippen molar-refractivity contribution < 1.29 is 4.79 Å². The van der Waals surface area contributed by atoms with Crippen LogP contribution in [0.1, 0.15) is 12.8 Å². The van der Waals surface area contributed by atoms with Crippen molar-refractivity contribution in [3.8, 4) is 0 Å². The molecule has 0 aromatic carbocycles. The molecular weight excluding hydrogens is 268 g/mol. The van der Waals surface area contributed by atoms with Gasteiger partial charge in [-0.1, -0.05) is 11.6 Å². The summed E-state index contributed by atoms with van der Waals surface area (Å²) in [7, 11) is 0. The maximum atomic E-state index is 11.9. The minimum atomic E-state index is -0.379.